The fourth-order valence-corrected chi connectivity index (χ4v) is 2.27. The first-order chi connectivity index (χ1) is 7.24. The van der Waals surface area contributed by atoms with Gasteiger partial charge in [-0.05, 0) is 32.8 Å². The van der Waals surface area contributed by atoms with Gasteiger partial charge in [0.25, 0.3) is 0 Å². The topological polar surface area (TPSA) is 35.5 Å². The third-order valence-electron chi connectivity index (χ3n) is 2.92. The zero-order chi connectivity index (χ0) is 10.8. The van der Waals surface area contributed by atoms with Gasteiger partial charge >= 0.3 is 5.97 Å². The first-order valence-electron chi connectivity index (χ1n) is 5.45. The molecule has 2 rings (SSSR count). The second-order valence-corrected chi connectivity index (χ2v) is 3.88. The molecule has 2 aliphatic rings. The Hall–Kier alpha value is -1.25. The number of fused-ring (bicyclic) bond motifs is 1. The molecule has 0 saturated heterocycles. The van der Waals surface area contributed by atoms with Gasteiger partial charge in [0.1, 0.15) is 11.9 Å². The Morgan fingerprint density at radius 1 is 1.67 bits per heavy atom. The smallest absolute Gasteiger partial charge is 0.337 e. The van der Waals surface area contributed by atoms with Gasteiger partial charge in [-0.1, -0.05) is 6.08 Å². The average molecular weight is 208 g/mol. The van der Waals surface area contributed by atoms with E-state index >= 15 is 0 Å². The third kappa shape index (κ3) is 1.78. The van der Waals surface area contributed by atoms with Gasteiger partial charge in [-0.15, -0.1) is 0 Å². The van der Waals surface area contributed by atoms with Crippen molar-refractivity contribution in [1.29, 1.82) is 0 Å². The van der Waals surface area contributed by atoms with Gasteiger partial charge in [-0.25, -0.2) is 4.79 Å². The van der Waals surface area contributed by atoms with E-state index in [1.807, 2.05) is 19.9 Å². The Labute approximate surface area is 89.8 Å². The van der Waals surface area contributed by atoms with Crippen LogP contribution in [0.4, 0.5) is 0 Å². The summed E-state index contributed by atoms with van der Waals surface area (Å²) in [5.41, 5.74) is 0.742. The van der Waals surface area contributed by atoms with Crippen molar-refractivity contribution in [2.75, 3.05) is 6.61 Å². The van der Waals surface area contributed by atoms with Crippen LogP contribution >= 0.6 is 0 Å². The van der Waals surface area contributed by atoms with Crippen LogP contribution in [0.15, 0.2) is 23.5 Å². The normalized spacial score (nSPS) is 28.7. The van der Waals surface area contributed by atoms with Crippen LogP contribution in [0.1, 0.15) is 26.7 Å². The predicted molar refractivity (Wildman–Crippen MR) is 56.1 cm³/mol. The highest BCUT2D eigenvalue weighted by Crippen LogP contribution is 2.38. The van der Waals surface area contributed by atoms with E-state index in [1.165, 1.54) is 0 Å². The predicted octanol–water partition coefficient (Wildman–Crippen LogP) is 2.19. The molecule has 1 aliphatic heterocycles. The molecule has 0 aromatic heterocycles. The molecule has 3 heteroatoms. The summed E-state index contributed by atoms with van der Waals surface area (Å²) in [5, 5.41) is 0. The van der Waals surface area contributed by atoms with E-state index in [4.69, 9.17) is 9.47 Å². The van der Waals surface area contributed by atoms with Crippen molar-refractivity contribution in [2.24, 2.45) is 5.92 Å². The highest BCUT2D eigenvalue weighted by atomic mass is 16.5. The maximum absolute atomic E-state index is 11.7. The molecule has 2 unspecified atom stereocenters. The lowest BCUT2D eigenvalue weighted by Crippen LogP contribution is -2.23. The maximum Gasteiger partial charge on any atom is 0.337 e. The second-order valence-electron chi connectivity index (χ2n) is 3.88. The number of carbonyl (C=O) groups is 1. The van der Waals surface area contributed by atoms with Crippen molar-refractivity contribution in [3.05, 3.63) is 23.5 Å². The van der Waals surface area contributed by atoms with Gasteiger partial charge < -0.3 is 9.47 Å². The molecule has 2 atom stereocenters. The molecule has 0 N–H and O–H groups in total. The molecule has 0 saturated carbocycles. The Morgan fingerprint density at radius 3 is 3.20 bits per heavy atom. The van der Waals surface area contributed by atoms with Crippen LogP contribution in [0.3, 0.4) is 0 Å². The number of carbonyl (C=O) groups excluding carboxylic acids is 1. The van der Waals surface area contributed by atoms with Gasteiger partial charge in [0.15, 0.2) is 0 Å². The molecule has 0 fully saturated rings. The van der Waals surface area contributed by atoms with E-state index in [-0.39, 0.29) is 18.0 Å². The molecule has 1 aliphatic carbocycles. The lowest BCUT2D eigenvalue weighted by Gasteiger charge is -2.20. The number of allylic oxidation sites excluding steroid dienone is 2. The third-order valence-corrected chi connectivity index (χ3v) is 2.92. The van der Waals surface area contributed by atoms with Crippen molar-refractivity contribution < 1.29 is 14.3 Å². The van der Waals surface area contributed by atoms with Crippen LogP contribution in [0.5, 0.6) is 0 Å². The molecule has 0 aromatic carbocycles. The molecule has 1 heterocycles. The SMILES string of the molecule is CCOC(=O)C1=C(C)OC2C=CCCC12. The zero-order valence-electron chi connectivity index (χ0n) is 9.16. The Balaban J connectivity index is 2.19. The van der Waals surface area contributed by atoms with Crippen molar-refractivity contribution in [1.82, 2.24) is 0 Å². The highest BCUT2D eigenvalue weighted by molar-refractivity contribution is 5.90. The summed E-state index contributed by atoms with van der Waals surface area (Å²) in [6, 6.07) is 0. The number of esters is 1. The molecule has 15 heavy (non-hydrogen) atoms. The highest BCUT2D eigenvalue weighted by Gasteiger charge is 2.38. The largest absolute Gasteiger partial charge is 0.490 e. The van der Waals surface area contributed by atoms with Gasteiger partial charge in [0.2, 0.25) is 0 Å². The molecule has 3 nitrogen and oxygen atoms in total. The summed E-state index contributed by atoms with van der Waals surface area (Å²) in [7, 11) is 0. The molecule has 0 spiro atoms. The fraction of sp³-hybridized carbons (Fsp3) is 0.583. The molecule has 0 aromatic rings. The summed E-state index contributed by atoms with van der Waals surface area (Å²) in [6.45, 7) is 4.09. The maximum atomic E-state index is 11.7. The minimum atomic E-state index is -0.210. The Bertz CT molecular complexity index is 328. The first-order valence-corrected chi connectivity index (χ1v) is 5.45. The molecule has 82 valence electrons. The van der Waals surface area contributed by atoms with E-state index < -0.39 is 0 Å². The van der Waals surface area contributed by atoms with Crippen molar-refractivity contribution >= 4 is 5.97 Å². The summed E-state index contributed by atoms with van der Waals surface area (Å²) >= 11 is 0. The number of ether oxygens (including phenoxy) is 2. The van der Waals surface area contributed by atoms with Gasteiger partial charge in [0, 0.05) is 5.92 Å². The van der Waals surface area contributed by atoms with E-state index in [2.05, 4.69) is 6.08 Å². The summed E-state index contributed by atoms with van der Waals surface area (Å²) in [5.74, 6) is 0.724. The molecule has 0 bridgehead atoms. The average Bonchev–Trinajstić information content (AvgIpc) is 2.54. The molecular weight excluding hydrogens is 192 g/mol. The minimum absolute atomic E-state index is 0.0538. The van der Waals surface area contributed by atoms with E-state index in [1.54, 1.807) is 0 Å². The van der Waals surface area contributed by atoms with Crippen LogP contribution in [0, 0.1) is 5.92 Å². The van der Waals surface area contributed by atoms with Gasteiger partial charge in [-0.3, -0.25) is 0 Å². The fourth-order valence-electron chi connectivity index (χ4n) is 2.27. The Kier molecular flexibility index (Phi) is 2.80. The van der Waals surface area contributed by atoms with E-state index in [9.17, 15) is 4.79 Å². The van der Waals surface area contributed by atoms with Gasteiger partial charge in [0.05, 0.1) is 12.2 Å². The van der Waals surface area contributed by atoms with Crippen molar-refractivity contribution in [3.8, 4) is 0 Å². The Morgan fingerprint density at radius 2 is 2.47 bits per heavy atom. The van der Waals surface area contributed by atoms with E-state index in [0.717, 1.165) is 24.2 Å². The molecule has 0 radical (unpaired) electrons. The van der Waals surface area contributed by atoms with Crippen LogP contribution in [-0.2, 0) is 14.3 Å². The van der Waals surface area contributed by atoms with Gasteiger partial charge in [-0.2, -0.15) is 0 Å². The minimum Gasteiger partial charge on any atom is -0.490 e. The lowest BCUT2D eigenvalue weighted by molar-refractivity contribution is -0.139. The van der Waals surface area contributed by atoms with E-state index in [0.29, 0.717) is 6.61 Å². The standard InChI is InChI=1S/C12H16O3/c1-3-14-12(13)11-8(2)15-10-7-5-4-6-9(10)11/h5,7,9-10H,3-4,6H2,1-2H3. The first kappa shape index (κ1) is 10.3. The summed E-state index contributed by atoms with van der Waals surface area (Å²) in [4.78, 5) is 11.7. The van der Waals surface area contributed by atoms with Crippen LogP contribution in [-0.4, -0.2) is 18.7 Å². The lowest BCUT2D eigenvalue weighted by atomic mass is 9.86. The molecular formula is C12H16O3. The van der Waals surface area contributed by atoms with Crippen LogP contribution in [0.25, 0.3) is 0 Å². The van der Waals surface area contributed by atoms with Crippen molar-refractivity contribution in [3.63, 3.8) is 0 Å². The summed E-state index contributed by atoms with van der Waals surface area (Å²) < 4.78 is 10.7. The number of hydrogen-bond donors (Lipinski definition) is 0. The zero-order valence-corrected chi connectivity index (χ0v) is 9.16. The number of hydrogen-bond acceptors (Lipinski definition) is 3. The van der Waals surface area contributed by atoms with Crippen LogP contribution < -0.4 is 0 Å². The number of rotatable bonds is 2. The quantitative estimate of drug-likeness (QED) is 0.515. The molecule has 0 amide bonds. The summed E-state index contributed by atoms with van der Waals surface area (Å²) in [6.07, 6.45) is 6.21. The van der Waals surface area contributed by atoms with Crippen LogP contribution in [0.2, 0.25) is 0 Å². The monoisotopic (exact) mass is 208 g/mol. The van der Waals surface area contributed by atoms with Crippen molar-refractivity contribution in [2.45, 2.75) is 32.8 Å². The second kappa shape index (κ2) is 4.09.